The first kappa shape index (κ1) is 18.1. The molecule has 134 valence electrons. The normalized spacial score (nSPS) is 11.7. The summed E-state index contributed by atoms with van der Waals surface area (Å²) in [5.74, 6) is -0.665. The Bertz CT molecular complexity index is 1050. The van der Waals surface area contributed by atoms with Crippen LogP contribution in [0.5, 0.6) is 0 Å². The number of fused-ring (bicyclic) bond motifs is 1. The monoisotopic (exact) mass is 368 g/mol. The molecule has 0 N–H and O–H groups in total. The molecule has 0 aliphatic rings. The Hall–Kier alpha value is -2.73. The highest BCUT2D eigenvalue weighted by Gasteiger charge is 2.13. The van der Waals surface area contributed by atoms with Crippen molar-refractivity contribution < 1.29 is 14.3 Å². The first-order valence-electron chi connectivity index (χ1n) is 8.40. The van der Waals surface area contributed by atoms with Crippen LogP contribution in [-0.2, 0) is 16.1 Å². The third-order valence-corrected chi connectivity index (χ3v) is 5.04. The summed E-state index contributed by atoms with van der Waals surface area (Å²) in [4.78, 5) is 29.5. The van der Waals surface area contributed by atoms with Gasteiger partial charge in [0.05, 0.1) is 16.8 Å². The topological polar surface area (TPSA) is 60.7 Å². The van der Waals surface area contributed by atoms with Gasteiger partial charge in [0.2, 0.25) is 0 Å². The van der Waals surface area contributed by atoms with E-state index in [2.05, 4.69) is 4.99 Å². The standard InChI is InChI=1S/C20H20N2O3S/c1-4-25-18(23)12-22-16-10-9-13(2)11-17(16)26-20(22)21-19(24)15-8-6-5-7-14(15)3/h5-11H,4,12H2,1-3H3. The van der Waals surface area contributed by atoms with E-state index in [4.69, 9.17) is 4.74 Å². The van der Waals surface area contributed by atoms with Gasteiger partial charge < -0.3 is 9.30 Å². The fourth-order valence-corrected chi connectivity index (χ4v) is 3.84. The van der Waals surface area contributed by atoms with Crippen molar-refractivity contribution >= 4 is 33.4 Å². The molecule has 0 aliphatic heterocycles. The van der Waals surface area contributed by atoms with Crippen LogP contribution in [0.4, 0.5) is 0 Å². The number of nitrogens with zero attached hydrogens (tertiary/aromatic N) is 2. The number of hydrogen-bond donors (Lipinski definition) is 0. The number of thiazole rings is 1. The number of esters is 1. The largest absolute Gasteiger partial charge is 0.465 e. The average molecular weight is 368 g/mol. The highest BCUT2D eigenvalue weighted by atomic mass is 32.1. The van der Waals surface area contributed by atoms with Crippen LogP contribution in [0.3, 0.4) is 0 Å². The van der Waals surface area contributed by atoms with Crippen molar-refractivity contribution in [3.8, 4) is 0 Å². The van der Waals surface area contributed by atoms with Crippen molar-refractivity contribution in [3.05, 3.63) is 64.0 Å². The van der Waals surface area contributed by atoms with Gasteiger partial charge in [0.15, 0.2) is 4.80 Å². The third kappa shape index (κ3) is 3.75. The van der Waals surface area contributed by atoms with Gasteiger partial charge in [0, 0.05) is 5.56 Å². The minimum Gasteiger partial charge on any atom is -0.465 e. The number of aromatic nitrogens is 1. The second kappa shape index (κ2) is 7.66. The minimum atomic E-state index is -0.349. The summed E-state index contributed by atoms with van der Waals surface area (Å²) in [5, 5.41) is 0. The second-order valence-corrected chi connectivity index (χ2v) is 6.99. The summed E-state index contributed by atoms with van der Waals surface area (Å²) in [6.45, 7) is 5.99. The van der Waals surface area contributed by atoms with Crippen LogP contribution in [0.1, 0.15) is 28.4 Å². The van der Waals surface area contributed by atoms with Crippen molar-refractivity contribution in [2.45, 2.75) is 27.3 Å². The van der Waals surface area contributed by atoms with E-state index in [-0.39, 0.29) is 18.4 Å². The zero-order chi connectivity index (χ0) is 18.7. The van der Waals surface area contributed by atoms with Crippen LogP contribution in [0.25, 0.3) is 10.2 Å². The number of carbonyl (C=O) groups excluding carboxylic acids is 2. The number of ether oxygens (including phenoxy) is 1. The summed E-state index contributed by atoms with van der Waals surface area (Å²) >= 11 is 1.39. The van der Waals surface area contributed by atoms with Gasteiger partial charge in [0.25, 0.3) is 5.91 Å². The van der Waals surface area contributed by atoms with E-state index in [1.54, 1.807) is 17.6 Å². The Morgan fingerprint density at radius 2 is 1.92 bits per heavy atom. The lowest BCUT2D eigenvalue weighted by atomic mass is 10.1. The van der Waals surface area contributed by atoms with Gasteiger partial charge in [-0.3, -0.25) is 9.59 Å². The summed E-state index contributed by atoms with van der Waals surface area (Å²) in [6.07, 6.45) is 0. The first-order valence-corrected chi connectivity index (χ1v) is 9.21. The first-order chi connectivity index (χ1) is 12.5. The fraction of sp³-hybridized carbons (Fsp3) is 0.250. The van der Waals surface area contributed by atoms with Crippen molar-refractivity contribution in [1.29, 1.82) is 0 Å². The average Bonchev–Trinajstić information content (AvgIpc) is 2.91. The van der Waals surface area contributed by atoms with Crippen LogP contribution in [0.15, 0.2) is 47.5 Å². The lowest BCUT2D eigenvalue weighted by molar-refractivity contribution is -0.143. The van der Waals surface area contributed by atoms with Crippen molar-refractivity contribution in [3.63, 3.8) is 0 Å². The molecule has 0 atom stereocenters. The zero-order valence-electron chi connectivity index (χ0n) is 15.0. The SMILES string of the molecule is CCOC(=O)Cn1c(=NC(=O)c2ccccc2C)sc2cc(C)ccc21. The Morgan fingerprint density at radius 1 is 1.15 bits per heavy atom. The van der Waals surface area contributed by atoms with Crippen molar-refractivity contribution in [1.82, 2.24) is 4.57 Å². The lowest BCUT2D eigenvalue weighted by Gasteiger charge is -2.05. The Morgan fingerprint density at radius 3 is 2.65 bits per heavy atom. The van der Waals surface area contributed by atoms with Crippen LogP contribution >= 0.6 is 11.3 Å². The molecule has 0 unspecified atom stereocenters. The molecule has 6 heteroatoms. The van der Waals surface area contributed by atoms with Gasteiger partial charge in [-0.05, 0) is 50.1 Å². The molecule has 3 aromatic rings. The molecule has 0 fully saturated rings. The molecule has 0 radical (unpaired) electrons. The highest BCUT2D eigenvalue weighted by Crippen LogP contribution is 2.19. The van der Waals surface area contributed by atoms with Crippen LogP contribution in [0, 0.1) is 13.8 Å². The fourth-order valence-electron chi connectivity index (χ4n) is 2.71. The van der Waals surface area contributed by atoms with Crippen LogP contribution < -0.4 is 4.80 Å². The number of hydrogen-bond acceptors (Lipinski definition) is 4. The van der Waals surface area contributed by atoms with E-state index in [0.29, 0.717) is 17.0 Å². The number of benzene rings is 2. The predicted octanol–water partition coefficient (Wildman–Crippen LogP) is 3.62. The molecule has 0 saturated carbocycles. The molecule has 26 heavy (non-hydrogen) atoms. The van der Waals surface area contributed by atoms with Gasteiger partial charge in [-0.15, -0.1) is 0 Å². The van der Waals surface area contributed by atoms with Gasteiger partial charge >= 0.3 is 5.97 Å². The molecule has 1 heterocycles. The highest BCUT2D eigenvalue weighted by molar-refractivity contribution is 7.16. The third-order valence-electron chi connectivity index (χ3n) is 4.00. The Labute approximate surface area is 155 Å². The minimum absolute atomic E-state index is 0.0246. The van der Waals surface area contributed by atoms with E-state index in [0.717, 1.165) is 21.3 Å². The lowest BCUT2D eigenvalue weighted by Crippen LogP contribution is -2.23. The molecule has 1 amide bonds. The van der Waals surface area contributed by atoms with E-state index < -0.39 is 0 Å². The maximum Gasteiger partial charge on any atom is 0.326 e. The molecule has 2 aromatic carbocycles. The Kier molecular flexibility index (Phi) is 5.32. The second-order valence-electron chi connectivity index (χ2n) is 5.98. The molecular formula is C20H20N2O3S. The maximum absolute atomic E-state index is 12.7. The number of rotatable bonds is 4. The van der Waals surface area contributed by atoms with Gasteiger partial charge in [-0.2, -0.15) is 4.99 Å². The van der Waals surface area contributed by atoms with Gasteiger partial charge in [-0.25, -0.2) is 0 Å². The van der Waals surface area contributed by atoms with Crippen molar-refractivity contribution in [2.24, 2.45) is 4.99 Å². The quantitative estimate of drug-likeness (QED) is 0.661. The molecule has 0 bridgehead atoms. The van der Waals surface area contributed by atoms with E-state index in [9.17, 15) is 9.59 Å². The summed E-state index contributed by atoms with van der Waals surface area (Å²) < 4.78 is 7.79. The molecule has 5 nitrogen and oxygen atoms in total. The van der Waals surface area contributed by atoms with Crippen LogP contribution in [0.2, 0.25) is 0 Å². The van der Waals surface area contributed by atoms with E-state index >= 15 is 0 Å². The molecule has 0 saturated heterocycles. The van der Waals surface area contributed by atoms with E-state index in [1.165, 1.54) is 11.3 Å². The smallest absolute Gasteiger partial charge is 0.326 e. The number of carbonyl (C=O) groups is 2. The molecule has 3 rings (SSSR count). The summed E-state index contributed by atoms with van der Waals surface area (Å²) in [5.41, 5.74) is 3.41. The molecule has 0 aliphatic carbocycles. The number of amides is 1. The van der Waals surface area contributed by atoms with Crippen molar-refractivity contribution in [2.75, 3.05) is 6.61 Å². The maximum atomic E-state index is 12.7. The Balaban J connectivity index is 2.13. The zero-order valence-corrected chi connectivity index (χ0v) is 15.8. The summed E-state index contributed by atoms with van der Waals surface area (Å²) in [7, 11) is 0. The van der Waals surface area contributed by atoms with Gasteiger partial charge in [-0.1, -0.05) is 35.6 Å². The molecular weight excluding hydrogens is 348 g/mol. The molecule has 1 aromatic heterocycles. The van der Waals surface area contributed by atoms with E-state index in [1.807, 2.05) is 50.2 Å². The number of aryl methyl sites for hydroxylation is 2. The predicted molar refractivity (Wildman–Crippen MR) is 102 cm³/mol. The van der Waals surface area contributed by atoms with Gasteiger partial charge in [0.1, 0.15) is 6.54 Å². The summed E-state index contributed by atoms with van der Waals surface area (Å²) in [6, 6.07) is 13.3. The molecule has 0 spiro atoms. The van der Waals surface area contributed by atoms with Crippen LogP contribution in [-0.4, -0.2) is 23.1 Å².